The number of hydrogen-bond donors (Lipinski definition) is 3. The molecule has 0 atom stereocenters. The van der Waals surface area contributed by atoms with Crippen LogP contribution in [0.15, 0.2) is 23.0 Å². The van der Waals surface area contributed by atoms with Crippen LogP contribution in [0.25, 0.3) is 16.9 Å². The maximum absolute atomic E-state index is 6.38. The molecule has 3 heterocycles. The summed E-state index contributed by atoms with van der Waals surface area (Å²) in [5.74, 6) is 0.979. The van der Waals surface area contributed by atoms with Crippen LogP contribution in [0.2, 0.25) is 0 Å². The number of nitrogen functional groups attached to an aromatic ring is 1. The van der Waals surface area contributed by atoms with Gasteiger partial charge in [0.05, 0.1) is 17.6 Å². The second-order valence-corrected chi connectivity index (χ2v) is 7.21. The van der Waals surface area contributed by atoms with Crippen LogP contribution in [0.5, 0.6) is 0 Å². The lowest BCUT2D eigenvalue weighted by molar-refractivity contribution is 0.396. The third kappa shape index (κ3) is 2.44. The number of rotatable bonds is 3. The van der Waals surface area contributed by atoms with Crippen LogP contribution in [-0.2, 0) is 0 Å². The number of nitrogens with zero attached hydrogens (tertiary/aromatic N) is 3. The van der Waals surface area contributed by atoms with E-state index in [1.54, 1.807) is 11.3 Å². The average Bonchev–Trinajstić information content (AvgIpc) is 3.23. The molecule has 24 heavy (non-hydrogen) atoms. The first kappa shape index (κ1) is 15.4. The fourth-order valence-electron chi connectivity index (χ4n) is 3.70. The van der Waals surface area contributed by atoms with Crippen molar-refractivity contribution >= 4 is 28.5 Å². The molecule has 0 amide bonds. The van der Waals surface area contributed by atoms with E-state index < -0.39 is 0 Å². The molecule has 0 saturated heterocycles. The molecule has 0 unspecified atom stereocenters. The Morgan fingerprint density at radius 1 is 1.29 bits per heavy atom. The van der Waals surface area contributed by atoms with Gasteiger partial charge in [-0.25, -0.2) is 9.50 Å². The lowest BCUT2D eigenvalue weighted by Crippen LogP contribution is -2.26. The van der Waals surface area contributed by atoms with Crippen LogP contribution in [-0.4, -0.2) is 27.7 Å². The number of imidazole rings is 1. The lowest BCUT2D eigenvalue weighted by atomic mass is 9.81. The smallest absolute Gasteiger partial charge is 0.178 e. The van der Waals surface area contributed by atoms with Gasteiger partial charge in [0, 0.05) is 29.6 Å². The van der Waals surface area contributed by atoms with Crippen LogP contribution in [0.4, 0.5) is 11.5 Å². The highest BCUT2D eigenvalue weighted by atomic mass is 32.1. The number of thiophene rings is 1. The van der Waals surface area contributed by atoms with Crippen molar-refractivity contribution < 1.29 is 0 Å². The van der Waals surface area contributed by atoms with E-state index in [9.17, 15) is 0 Å². The highest BCUT2D eigenvalue weighted by Gasteiger charge is 2.27. The minimum Gasteiger partial charge on any atom is -0.385 e. The van der Waals surface area contributed by atoms with Gasteiger partial charge in [0.15, 0.2) is 5.65 Å². The first-order chi connectivity index (χ1) is 11.7. The zero-order valence-corrected chi connectivity index (χ0v) is 14.5. The summed E-state index contributed by atoms with van der Waals surface area (Å²) >= 11 is 1.66. The average molecular weight is 342 g/mol. The summed E-state index contributed by atoms with van der Waals surface area (Å²) in [7, 11) is 1.92. The maximum atomic E-state index is 6.38. The summed E-state index contributed by atoms with van der Waals surface area (Å²) in [5, 5.41) is 12.1. The Labute approximate surface area is 144 Å². The SMILES string of the molecule is CNc1c(C2CCC(N)CC2)c(N)nn2c(-c3ccsc3)cnc12. The summed E-state index contributed by atoms with van der Waals surface area (Å²) in [6.45, 7) is 0. The molecule has 1 aliphatic rings. The van der Waals surface area contributed by atoms with Gasteiger partial charge < -0.3 is 16.8 Å². The quantitative estimate of drug-likeness (QED) is 0.680. The van der Waals surface area contributed by atoms with Crippen LogP contribution in [0.3, 0.4) is 0 Å². The molecule has 0 spiro atoms. The van der Waals surface area contributed by atoms with Crippen molar-refractivity contribution in [3.05, 3.63) is 28.6 Å². The molecule has 6 nitrogen and oxygen atoms in total. The summed E-state index contributed by atoms with van der Waals surface area (Å²) in [5.41, 5.74) is 17.4. The summed E-state index contributed by atoms with van der Waals surface area (Å²) in [6, 6.07) is 2.38. The number of anilines is 2. The van der Waals surface area contributed by atoms with Crippen LogP contribution >= 0.6 is 11.3 Å². The first-order valence-electron chi connectivity index (χ1n) is 8.32. The molecule has 3 aromatic heterocycles. The highest BCUT2D eigenvalue weighted by molar-refractivity contribution is 7.08. The van der Waals surface area contributed by atoms with E-state index in [0.29, 0.717) is 17.8 Å². The van der Waals surface area contributed by atoms with Crippen molar-refractivity contribution in [1.29, 1.82) is 0 Å². The highest BCUT2D eigenvalue weighted by Crippen LogP contribution is 2.40. The number of aromatic nitrogens is 3. The fourth-order valence-corrected chi connectivity index (χ4v) is 4.35. The van der Waals surface area contributed by atoms with E-state index in [4.69, 9.17) is 11.5 Å². The van der Waals surface area contributed by atoms with Gasteiger partial charge in [0.1, 0.15) is 5.82 Å². The molecular formula is C17H22N6S. The second-order valence-electron chi connectivity index (χ2n) is 6.43. The lowest BCUT2D eigenvalue weighted by Gasteiger charge is -2.28. The molecule has 1 aliphatic carbocycles. The topological polar surface area (TPSA) is 94.3 Å². The van der Waals surface area contributed by atoms with Crippen molar-refractivity contribution in [3.63, 3.8) is 0 Å². The van der Waals surface area contributed by atoms with Gasteiger partial charge in [-0.1, -0.05) is 0 Å². The number of hydrogen-bond acceptors (Lipinski definition) is 6. The van der Waals surface area contributed by atoms with Crippen LogP contribution < -0.4 is 16.8 Å². The molecular weight excluding hydrogens is 320 g/mol. The standard InChI is InChI=1S/C17H22N6S/c1-20-15-14(10-2-4-12(18)5-3-10)16(19)22-23-13(8-21-17(15)23)11-6-7-24-9-11/h6-10,12,20H,2-5,18H2,1H3,(H2,19,22). The van der Waals surface area contributed by atoms with E-state index in [1.165, 1.54) is 0 Å². The van der Waals surface area contributed by atoms with Crippen LogP contribution in [0, 0.1) is 0 Å². The van der Waals surface area contributed by atoms with Gasteiger partial charge in [0.2, 0.25) is 0 Å². The van der Waals surface area contributed by atoms with E-state index in [1.807, 2.05) is 17.8 Å². The van der Waals surface area contributed by atoms with Crippen molar-refractivity contribution in [1.82, 2.24) is 14.6 Å². The van der Waals surface area contributed by atoms with E-state index in [0.717, 1.165) is 53.8 Å². The zero-order chi connectivity index (χ0) is 16.7. The zero-order valence-electron chi connectivity index (χ0n) is 13.7. The Bertz CT molecular complexity index is 846. The molecule has 126 valence electrons. The van der Waals surface area contributed by atoms with E-state index in [-0.39, 0.29) is 0 Å². The Hall–Kier alpha value is -2.12. The number of nitrogens with two attached hydrogens (primary N) is 2. The normalized spacial score (nSPS) is 21.2. The van der Waals surface area contributed by atoms with E-state index in [2.05, 4.69) is 32.2 Å². The molecule has 0 aromatic carbocycles. The molecule has 3 aromatic rings. The van der Waals surface area contributed by atoms with Gasteiger partial charge in [-0.3, -0.25) is 0 Å². The van der Waals surface area contributed by atoms with Crippen molar-refractivity contribution in [2.75, 3.05) is 18.1 Å². The minimum atomic E-state index is 0.314. The van der Waals surface area contributed by atoms with Gasteiger partial charge in [-0.2, -0.15) is 11.3 Å². The molecule has 7 heteroatoms. The molecule has 1 saturated carbocycles. The Morgan fingerprint density at radius 2 is 2.08 bits per heavy atom. The number of nitrogens with one attached hydrogen (secondary N) is 1. The Balaban J connectivity index is 1.85. The molecule has 5 N–H and O–H groups in total. The summed E-state index contributed by atoms with van der Waals surface area (Å²) < 4.78 is 1.85. The molecule has 0 aliphatic heterocycles. The third-order valence-corrected chi connectivity index (χ3v) is 5.64. The summed E-state index contributed by atoms with van der Waals surface area (Å²) in [4.78, 5) is 4.62. The van der Waals surface area contributed by atoms with Gasteiger partial charge in [-0.05, 0) is 43.0 Å². The van der Waals surface area contributed by atoms with Gasteiger partial charge in [0.25, 0.3) is 0 Å². The van der Waals surface area contributed by atoms with Crippen molar-refractivity contribution in [2.45, 2.75) is 37.6 Å². The maximum Gasteiger partial charge on any atom is 0.178 e. The second kappa shape index (κ2) is 6.07. The minimum absolute atomic E-state index is 0.314. The van der Waals surface area contributed by atoms with E-state index >= 15 is 0 Å². The summed E-state index contributed by atoms with van der Waals surface area (Å²) in [6.07, 6.45) is 6.04. The molecule has 1 fully saturated rings. The van der Waals surface area contributed by atoms with Crippen LogP contribution in [0.1, 0.15) is 37.2 Å². The van der Waals surface area contributed by atoms with Gasteiger partial charge in [-0.15, -0.1) is 5.10 Å². The fraction of sp³-hybridized carbons (Fsp3) is 0.412. The number of fused-ring (bicyclic) bond motifs is 1. The third-order valence-electron chi connectivity index (χ3n) is 4.96. The molecule has 0 radical (unpaired) electrons. The van der Waals surface area contributed by atoms with Crippen molar-refractivity contribution in [2.24, 2.45) is 5.73 Å². The predicted molar refractivity (Wildman–Crippen MR) is 99.4 cm³/mol. The Morgan fingerprint density at radius 3 is 2.75 bits per heavy atom. The first-order valence-corrected chi connectivity index (χ1v) is 9.26. The van der Waals surface area contributed by atoms with Crippen molar-refractivity contribution in [3.8, 4) is 11.3 Å². The Kier molecular flexibility index (Phi) is 3.90. The molecule has 0 bridgehead atoms. The van der Waals surface area contributed by atoms with Gasteiger partial charge >= 0.3 is 0 Å². The largest absolute Gasteiger partial charge is 0.385 e. The molecule has 4 rings (SSSR count). The monoisotopic (exact) mass is 342 g/mol. The predicted octanol–water partition coefficient (Wildman–Crippen LogP) is 3.07.